The van der Waals surface area contributed by atoms with Crippen LogP contribution >= 0.6 is 0 Å². The Hall–Kier alpha value is -2.96. The molecule has 0 aliphatic rings. The minimum Gasteiger partial charge on any atom is -0.352 e. The number of hydrogen-bond acceptors (Lipinski definition) is 2. The summed E-state index contributed by atoms with van der Waals surface area (Å²) in [5, 5.41) is 8.43. The highest BCUT2D eigenvalue weighted by Gasteiger charge is 2.05. The van der Waals surface area contributed by atoms with Crippen LogP contribution in [0.2, 0.25) is 0 Å². The highest BCUT2D eigenvalue weighted by Crippen LogP contribution is 2.08. The molecule has 0 aliphatic carbocycles. The SMILES string of the molecule is CN=C(NCC(=O)Nc1cccc(F)c1)NCc1ccc(F)cc1. The quantitative estimate of drug-likeness (QED) is 0.581. The van der Waals surface area contributed by atoms with Crippen molar-refractivity contribution in [3.63, 3.8) is 0 Å². The van der Waals surface area contributed by atoms with Crippen molar-refractivity contribution in [1.29, 1.82) is 0 Å². The number of guanidine groups is 1. The van der Waals surface area contributed by atoms with E-state index in [1.165, 1.54) is 30.3 Å². The Morgan fingerprint density at radius 2 is 1.79 bits per heavy atom. The average Bonchev–Trinajstić information content (AvgIpc) is 2.56. The first kappa shape index (κ1) is 17.4. The summed E-state index contributed by atoms with van der Waals surface area (Å²) in [6.45, 7) is 0.408. The normalized spacial score (nSPS) is 11.0. The van der Waals surface area contributed by atoms with Crippen LogP contribution in [0.15, 0.2) is 53.5 Å². The zero-order valence-electron chi connectivity index (χ0n) is 13.1. The van der Waals surface area contributed by atoms with Crippen molar-refractivity contribution >= 4 is 17.6 Å². The zero-order chi connectivity index (χ0) is 17.4. The van der Waals surface area contributed by atoms with Crippen molar-refractivity contribution in [2.45, 2.75) is 6.54 Å². The van der Waals surface area contributed by atoms with Gasteiger partial charge in [0.1, 0.15) is 11.6 Å². The Labute approximate surface area is 138 Å². The molecule has 126 valence electrons. The highest BCUT2D eigenvalue weighted by molar-refractivity contribution is 5.94. The van der Waals surface area contributed by atoms with E-state index in [-0.39, 0.29) is 18.3 Å². The number of carbonyl (C=O) groups excluding carboxylic acids is 1. The van der Waals surface area contributed by atoms with Crippen molar-refractivity contribution in [3.8, 4) is 0 Å². The molecule has 3 N–H and O–H groups in total. The third-order valence-corrected chi connectivity index (χ3v) is 3.12. The maximum atomic E-state index is 13.1. The van der Waals surface area contributed by atoms with Crippen LogP contribution in [0.25, 0.3) is 0 Å². The molecule has 7 heteroatoms. The van der Waals surface area contributed by atoms with Gasteiger partial charge in [-0.05, 0) is 35.9 Å². The predicted octanol–water partition coefficient (Wildman–Crippen LogP) is 2.27. The summed E-state index contributed by atoms with van der Waals surface area (Å²) < 4.78 is 25.9. The van der Waals surface area contributed by atoms with Gasteiger partial charge in [0.25, 0.3) is 0 Å². The number of amides is 1. The van der Waals surface area contributed by atoms with Gasteiger partial charge >= 0.3 is 0 Å². The number of hydrogen-bond donors (Lipinski definition) is 3. The fourth-order valence-electron chi connectivity index (χ4n) is 1.94. The number of nitrogens with one attached hydrogen (secondary N) is 3. The number of aliphatic imine (C=N–C) groups is 1. The Balaban J connectivity index is 1.78. The van der Waals surface area contributed by atoms with Gasteiger partial charge in [-0.15, -0.1) is 0 Å². The topological polar surface area (TPSA) is 65.5 Å². The Kier molecular flexibility index (Phi) is 6.24. The average molecular weight is 332 g/mol. The van der Waals surface area contributed by atoms with Crippen LogP contribution in [0.1, 0.15) is 5.56 Å². The van der Waals surface area contributed by atoms with E-state index in [0.717, 1.165) is 5.56 Å². The van der Waals surface area contributed by atoms with Crippen molar-refractivity contribution in [2.75, 3.05) is 18.9 Å². The van der Waals surface area contributed by atoms with E-state index in [1.807, 2.05) is 0 Å². The van der Waals surface area contributed by atoms with Gasteiger partial charge in [0.2, 0.25) is 5.91 Å². The van der Waals surface area contributed by atoms with Gasteiger partial charge in [-0.25, -0.2) is 8.78 Å². The number of carbonyl (C=O) groups is 1. The fourth-order valence-corrected chi connectivity index (χ4v) is 1.94. The number of nitrogens with zero attached hydrogens (tertiary/aromatic N) is 1. The molecule has 2 aromatic carbocycles. The van der Waals surface area contributed by atoms with Gasteiger partial charge < -0.3 is 16.0 Å². The molecule has 0 fully saturated rings. The lowest BCUT2D eigenvalue weighted by atomic mass is 10.2. The molecule has 0 aliphatic heterocycles. The lowest BCUT2D eigenvalue weighted by molar-refractivity contribution is -0.115. The summed E-state index contributed by atoms with van der Waals surface area (Å²) in [4.78, 5) is 15.8. The summed E-state index contributed by atoms with van der Waals surface area (Å²) in [5.41, 5.74) is 1.26. The van der Waals surface area contributed by atoms with Crippen LogP contribution in [-0.4, -0.2) is 25.5 Å². The molecule has 0 heterocycles. The van der Waals surface area contributed by atoms with Gasteiger partial charge in [-0.3, -0.25) is 9.79 Å². The maximum Gasteiger partial charge on any atom is 0.243 e. The van der Waals surface area contributed by atoms with Gasteiger partial charge in [-0.2, -0.15) is 0 Å². The maximum absolute atomic E-state index is 13.1. The molecule has 0 radical (unpaired) electrons. The van der Waals surface area contributed by atoms with Crippen molar-refractivity contribution < 1.29 is 13.6 Å². The summed E-state index contributed by atoms with van der Waals surface area (Å²) in [7, 11) is 1.57. The number of rotatable bonds is 5. The molecule has 24 heavy (non-hydrogen) atoms. The molecular weight excluding hydrogens is 314 g/mol. The molecule has 1 amide bonds. The third kappa shape index (κ3) is 5.68. The first-order chi connectivity index (χ1) is 11.6. The summed E-state index contributed by atoms with van der Waals surface area (Å²) in [6, 6.07) is 11.7. The minimum atomic E-state index is -0.419. The van der Waals surface area contributed by atoms with E-state index in [0.29, 0.717) is 18.2 Å². The van der Waals surface area contributed by atoms with Gasteiger partial charge in [0.15, 0.2) is 5.96 Å². The third-order valence-electron chi connectivity index (χ3n) is 3.12. The predicted molar refractivity (Wildman–Crippen MR) is 89.6 cm³/mol. The van der Waals surface area contributed by atoms with Crippen LogP contribution in [0, 0.1) is 11.6 Å². The Morgan fingerprint density at radius 3 is 2.46 bits per heavy atom. The van der Waals surface area contributed by atoms with Crippen molar-refractivity contribution in [1.82, 2.24) is 10.6 Å². The molecule has 0 spiro atoms. The molecule has 0 unspecified atom stereocenters. The lowest BCUT2D eigenvalue weighted by Gasteiger charge is -2.12. The lowest BCUT2D eigenvalue weighted by Crippen LogP contribution is -2.41. The Morgan fingerprint density at radius 1 is 1.04 bits per heavy atom. The van der Waals surface area contributed by atoms with Gasteiger partial charge in [0.05, 0.1) is 6.54 Å². The fraction of sp³-hybridized carbons (Fsp3) is 0.176. The molecule has 0 saturated heterocycles. The molecule has 2 aromatic rings. The molecule has 0 atom stereocenters. The standard InChI is InChI=1S/C17H18F2N4O/c1-20-17(21-10-12-5-7-13(18)8-6-12)22-11-16(24)23-15-4-2-3-14(19)9-15/h2-9H,10-11H2,1H3,(H,23,24)(H2,20,21,22). The first-order valence-electron chi connectivity index (χ1n) is 7.31. The zero-order valence-corrected chi connectivity index (χ0v) is 13.1. The van der Waals surface area contributed by atoms with Gasteiger partial charge in [-0.1, -0.05) is 18.2 Å². The molecular formula is C17H18F2N4O. The summed E-state index contributed by atoms with van der Waals surface area (Å²) in [5.74, 6) is -0.619. The summed E-state index contributed by atoms with van der Waals surface area (Å²) >= 11 is 0. The highest BCUT2D eigenvalue weighted by atomic mass is 19.1. The Bertz CT molecular complexity index is 717. The smallest absolute Gasteiger partial charge is 0.243 e. The largest absolute Gasteiger partial charge is 0.352 e. The van der Waals surface area contributed by atoms with E-state index >= 15 is 0 Å². The minimum absolute atomic E-state index is 0.0282. The van der Waals surface area contributed by atoms with E-state index in [9.17, 15) is 13.6 Å². The molecule has 2 rings (SSSR count). The molecule has 0 saturated carbocycles. The van der Waals surface area contributed by atoms with Crippen LogP contribution in [0.3, 0.4) is 0 Å². The number of benzene rings is 2. The second-order valence-electron chi connectivity index (χ2n) is 4.96. The molecule has 0 bridgehead atoms. The van der Waals surface area contributed by atoms with E-state index < -0.39 is 5.82 Å². The molecule has 0 aromatic heterocycles. The van der Waals surface area contributed by atoms with Crippen LogP contribution < -0.4 is 16.0 Å². The van der Waals surface area contributed by atoms with E-state index in [4.69, 9.17) is 0 Å². The first-order valence-corrected chi connectivity index (χ1v) is 7.31. The molecule has 5 nitrogen and oxygen atoms in total. The number of halogens is 2. The van der Waals surface area contributed by atoms with Crippen molar-refractivity contribution in [3.05, 3.63) is 65.7 Å². The summed E-state index contributed by atoms with van der Waals surface area (Å²) in [6.07, 6.45) is 0. The van der Waals surface area contributed by atoms with E-state index in [2.05, 4.69) is 20.9 Å². The van der Waals surface area contributed by atoms with Crippen LogP contribution in [0.4, 0.5) is 14.5 Å². The number of anilines is 1. The monoisotopic (exact) mass is 332 g/mol. The van der Waals surface area contributed by atoms with E-state index in [1.54, 1.807) is 25.2 Å². The van der Waals surface area contributed by atoms with Crippen molar-refractivity contribution in [2.24, 2.45) is 4.99 Å². The second kappa shape index (κ2) is 8.61. The second-order valence-corrected chi connectivity index (χ2v) is 4.96. The van der Waals surface area contributed by atoms with Gasteiger partial charge in [0, 0.05) is 19.3 Å². The van der Waals surface area contributed by atoms with Crippen LogP contribution in [0.5, 0.6) is 0 Å². The van der Waals surface area contributed by atoms with Crippen LogP contribution in [-0.2, 0) is 11.3 Å².